The van der Waals surface area contributed by atoms with Gasteiger partial charge in [0.2, 0.25) is 0 Å². The quantitative estimate of drug-likeness (QED) is 0.397. The molecule has 6 nitrogen and oxygen atoms in total. The summed E-state index contributed by atoms with van der Waals surface area (Å²) in [5.41, 5.74) is 0.533. The van der Waals surface area contributed by atoms with Gasteiger partial charge in [-0.15, -0.1) is 0 Å². The fraction of sp³-hybridized carbons (Fsp3) is 0.533. The highest BCUT2D eigenvalue weighted by Crippen LogP contribution is 2.20. The molecule has 1 rings (SSSR count). The van der Waals surface area contributed by atoms with Gasteiger partial charge in [-0.1, -0.05) is 18.2 Å². The number of para-hydroxylation sites is 1. The number of rotatable bonds is 9. The molecule has 0 radical (unpaired) electrons. The number of hydrogen-bond donors (Lipinski definition) is 2. The number of halogens is 2. The van der Waals surface area contributed by atoms with Crippen LogP contribution in [-0.4, -0.2) is 46.1 Å². The first-order valence-corrected chi connectivity index (χ1v) is 9.60. The van der Waals surface area contributed by atoms with Crippen LogP contribution < -0.4 is 15.4 Å². The van der Waals surface area contributed by atoms with E-state index in [0.29, 0.717) is 31.0 Å². The number of hydrogen-bond acceptors (Lipinski definition) is 4. The molecule has 0 atom stereocenters. The summed E-state index contributed by atoms with van der Waals surface area (Å²) in [6.45, 7) is 0.213. The van der Waals surface area contributed by atoms with Crippen LogP contribution >= 0.6 is 0 Å². The van der Waals surface area contributed by atoms with Gasteiger partial charge in [-0.3, -0.25) is 0 Å². The zero-order chi connectivity index (χ0) is 18.0. The number of benzene rings is 1. The lowest BCUT2D eigenvalue weighted by Gasteiger charge is -2.12. The summed E-state index contributed by atoms with van der Waals surface area (Å²) in [6.07, 6.45) is 1.64. The molecular weight excluding hydrogens is 340 g/mol. The Balaban J connectivity index is 2.65. The fourth-order valence-corrected chi connectivity index (χ4v) is 2.56. The number of nitrogens with one attached hydrogen (secondary N) is 2. The normalized spacial score (nSPS) is 12.3. The van der Waals surface area contributed by atoms with Crippen LogP contribution in [0.4, 0.5) is 8.78 Å². The number of aliphatic imine (C=N–C) groups is 1. The van der Waals surface area contributed by atoms with Crippen molar-refractivity contribution in [3.8, 4) is 5.75 Å². The van der Waals surface area contributed by atoms with Crippen molar-refractivity contribution in [2.24, 2.45) is 4.99 Å². The van der Waals surface area contributed by atoms with E-state index in [0.717, 1.165) is 0 Å². The summed E-state index contributed by atoms with van der Waals surface area (Å²) in [5.74, 6) is 0.659. The van der Waals surface area contributed by atoms with E-state index < -0.39 is 16.4 Å². The van der Waals surface area contributed by atoms with Crippen molar-refractivity contribution in [3.63, 3.8) is 0 Å². The number of nitrogens with zero attached hydrogens (tertiary/aromatic N) is 1. The molecule has 2 N–H and O–H groups in total. The molecule has 0 aliphatic rings. The Bertz CT molecular complexity index is 637. The van der Waals surface area contributed by atoms with Crippen LogP contribution in [0, 0.1) is 0 Å². The average Bonchev–Trinajstić information content (AvgIpc) is 2.48. The maximum absolute atomic E-state index is 12.4. The Labute approximate surface area is 141 Å². The summed E-state index contributed by atoms with van der Waals surface area (Å²) < 4.78 is 51.4. The van der Waals surface area contributed by atoms with E-state index in [9.17, 15) is 17.2 Å². The monoisotopic (exact) mass is 363 g/mol. The van der Waals surface area contributed by atoms with Gasteiger partial charge in [-0.05, 0) is 19.4 Å². The molecule has 0 saturated carbocycles. The van der Waals surface area contributed by atoms with Crippen LogP contribution in [0.3, 0.4) is 0 Å². The smallest absolute Gasteiger partial charge is 0.387 e. The van der Waals surface area contributed by atoms with E-state index in [1.54, 1.807) is 18.2 Å². The van der Waals surface area contributed by atoms with Gasteiger partial charge in [0, 0.05) is 24.9 Å². The van der Waals surface area contributed by atoms with Gasteiger partial charge >= 0.3 is 6.61 Å². The summed E-state index contributed by atoms with van der Waals surface area (Å²) in [5, 5.41) is 6.02. The van der Waals surface area contributed by atoms with Crippen LogP contribution in [0.5, 0.6) is 5.75 Å². The van der Waals surface area contributed by atoms with Crippen LogP contribution in [0.15, 0.2) is 29.3 Å². The molecule has 0 aliphatic heterocycles. The van der Waals surface area contributed by atoms with Gasteiger partial charge in [0.1, 0.15) is 15.6 Å². The van der Waals surface area contributed by atoms with E-state index in [-0.39, 0.29) is 18.0 Å². The molecule has 0 saturated heterocycles. The third-order valence-corrected chi connectivity index (χ3v) is 3.96. The first-order valence-electron chi connectivity index (χ1n) is 7.54. The highest BCUT2D eigenvalue weighted by atomic mass is 32.2. The van der Waals surface area contributed by atoms with Gasteiger partial charge in [-0.25, -0.2) is 13.4 Å². The van der Waals surface area contributed by atoms with E-state index in [1.165, 1.54) is 12.3 Å². The van der Waals surface area contributed by atoms with Crippen LogP contribution in [-0.2, 0) is 16.4 Å². The van der Waals surface area contributed by atoms with Crippen LogP contribution in [0.1, 0.15) is 18.9 Å². The fourth-order valence-electron chi connectivity index (χ4n) is 1.89. The summed E-state index contributed by atoms with van der Waals surface area (Å²) >= 11 is 0. The third kappa shape index (κ3) is 8.66. The standard InChI is InChI=1S/C15H23F2N3O3S/c1-3-18-15(19-9-6-10-24(2,21)22)20-11-12-7-4-5-8-13(12)23-14(16)17/h4-5,7-8,14H,3,6,9-11H2,1-2H3,(H2,18,19,20). The molecular formula is C15H23F2N3O3S. The van der Waals surface area contributed by atoms with Gasteiger partial charge < -0.3 is 15.4 Å². The molecule has 0 aliphatic carbocycles. The number of sulfone groups is 1. The molecule has 0 aromatic heterocycles. The molecule has 136 valence electrons. The molecule has 0 fully saturated rings. The summed E-state index contributed by atoms with van der Waals surface area (Å²) in [4.78, 5) is 4.31. The van der Waals surface area contributed by atoms with Gasteiger partial charge in [0.15, 0.2) is 5.96 Å². The molecule has 0 bridgehead atoms. The Morgan fingerprint density at radius 2 is 2.00 bits per heavy atom. The van der Waals surface area contributed by atoms with Crippen molar-refractivity contribution in [1.82, 2.24) is 10.6 Å². The minimum absolute atomic E-state index is 0.0872. The summed E-state index contributed by atoms with van der Waals surface area (Å²) in [7, 11) is -2.99. The van der Waals surface area contributed by atoms with Crippen molar-refractivity contribution in [2.75, 3.05) is 25.1 Å². The number of guanidine groups is 1. The van der Waals surface area contributed by atoms with E-state index in [4.69, 9.17) is 0 Å². The molecule has 0 unspecified atom stereocenters. The van der Waals surface area contributed by atoms with Crippen molar-refractivity contribution in [1.29, 1.82) is 0 Å². The second kappa shape index (κ2) is 10.1. The molecule has 0 amide bonds. The topological polar surface area (TPSA) is 79.8 Å². The van der Waals surface area contributed by atoms with E-state index >= 15 is 0 Å². The molecule has 1 aromatic carbocycles. The van der Waals surface area contributed by atoms with Gasteiger partial charge in [0.05, 0.1) is 12.3 Å². The van der Waals surface area contributed by atoms with Crippen molar-refractivity contribution >= 4 is 15.8 Å². The molecule has 1 aromatic rings. The Hall–Kier alpha value is -1.90. The van der Waals surface area contributed by atoms with Gasteiger partial charge in [0.25, 0.3) is 0 Å². The molecule has 24 heavy (non-hydrogen) atoms. The van der Waals surface area contributed by atoms with Crippen molar-refractivity contribution in [3.05, 3.63) is 29.8 Å². The lowest BCUT2D eigenvalue weighted by atomic mass is 10.2. The SMILES string of the molecule is CCNC(=NCc1ccccc1OC(F)F)NCCCS(C)(=O)=O. The van der Waals surface area contributed by atoms with Gasteiger partial charge in [-0.2, -0.15) is 8.78 Å². The van der Waals surface area contributed by atoms with Crippen LogP contribution in [0.25, 0.3) is 0 Å². The van der Waals surface area contributed by atoms with Crippen LogP contribution in [0.2, 0.25) is 0 Å². The second-order valence-electron chi connectivity index (χ2n) is 5.09. The first kappa shape index (κ1) is 20.1. The Kier molecular flexibility index (Phi) is 8.45. The predicted octanol–water partition coefficient (Wildman–Crippen LogP) is 1.78. The van der Waals surface area contributed by atoms with E-state index in [1.807, 2.05) is 6.92 Å². The molecule has 0 spiro atoms. The maximum Gasteiger partial charge on any atom is 0.387 e. The Morgan fingerprint density at radius 1 is 1.29 bits per heavy atom. The van der Waals surface area contributed by atoms with E-state index in [2.05, 4.69) is 20.4 Å². The predicted molar refractivity (Wildman–Crippen MR) is 90.2 cm³/mol. The average molecular weight is 363 g/mol. The zero-order valence-electron chi connectivity index (χ0n) is 13.8. The lowest BCUT2D eigenvalue weighted by molar-refractivity contribution is -0.0504. The third-order valence-electron chi connectivity index (χ3n) is 2.92. The minimum Gasteiger partial charge on any atom is -0.434 e. The first-order chi connectivity index (χ1) is 11.3. The Morgan fingerprint density at radius 3 is 2.62 bits per heavy atom. The maximum atomic E-state index is 12.4. The molecule has 9 heteroatoms. The highest BCUT2D eigenvalue weighted by molar-refractivity contribution is 7.90. The number of alkyl halides is 2. The minimum atomic E-state index is -2.99. The molecule has 0 heterocycles. The second-order valence-corrected chi connectivity index (χ2v) is 7.35. The summed E-state index contributed by atoms with van der Waals surface area (Å²) in [6, 6.07) is 6.45. The zero-order valence-corrected chi connectivity index (χ0v) is 14.6. The number of ether oxygens (including phenoxy) is 1. The highest BCUT2D eigenvalue weighted by Gasteiger charge is 2.09. The van der Waals surface area contributed by atoms with Crippen molar-refractivity contribution < 1.29 is 21.9 Å². The largest absolute Gasteiger partial charge is 0.434 e. The lowest BCUT2D eigenvalue weighted by Crippen LogP contribution is -2.38. The van der Waals surface area contributed by atoms with Crippen molar-refractivity contribution in [2.45, 2.75) is 26.5 Å².